The molecular weight excluding hydrogens is 296 g/mol. The van der Waals surface area contributed by atoms with Crippen molar-refractivity contribution in [3.05, 3.63) is 23.1 Å². The lowest BCUT2D eigenvalue weighted by molar-refractivity contribution is 0.0309. The molecular formula is C14H21ClN2O4. The molecule has 0 aromatic carbocycles. The largest absolute Gasteiger partial charge is 0.440 e. The highest BCUT2D eigenvalue weighted by Crippen LogP contribution is 2.15. The molecule has 0 bridgehead atoms. The van der Waals surface area contributed by atoms with Crippen molar-refractivity contribution in [1.29, 1.82) is 0 Å². The molecule has 0 spiro atoms. The molecule has 118 valence electrons. The molecule has 1 unspecified atom stereocenters. The van der Waals surface area contributed by atoms with Crippen molar-refractivity contribution in [2.45, 2.75) is 25.0 Å². The molecule has 2 N–H and O–H groups in total. The van der Waals surface area contributed by atoms with Gasteiger partial charge in [-0.1, -0.05) is 0 Å². The van der Waals surface area contributed by atoms with E-state index < -0.39 is 6.10 Å². The summed E-state index contributed by atoms with van der Waals surface area (Å²) in [6, 6.07) is 3.24. The van der Waals surface area contributed by atoms with Crippen LogP contribution in [-0.4, -0.2) is 61.4 Å². The van der Waals surface area contributed by atoms with Gasteiger partial charge in [0.05, 0.1) is 12.7 Å². The highest BCUT2D eigenvalue weighted by molar-refractivity contribution is 6.29. The number of aliphatic hydroxyl groups excluding tert-OH is 1. The minimum absolute atomic E-state index is 0.122. The summed E-state index contributed by atoms with van der Waals surface area (Å²) in [4.78, 5) is 14.1. The lowest BCUT2D eigenvalue weighted by atomic mass is 10.0. The Labute approximate surface area is 129 Å². The Balaban J connectivity index is 1.73. The SMILES string of the molecule is COCC(O)CN1CCC(NC(=O)c2ccc(Cl)o2)CC1. The molecule has 1 fully saturated rings. The van der Waals surface area contributed by atoms with Gasteiger partial charge in [0, 0.05) is 32.8 Å². The van der Waals surface area contributed by atoms with E-state index in [9.17, 15) is 9.90 Å². The van der Waals surface area contributed by atoms with Crippen LogP contribution in [0.1, 0.15) is 23.4 Å². The minimum Gasteiger partial charge on any atom is -0.440 e. The highest BCUT2D eigenvalue weighted by atomic mass is 35.5. The van der Waals surface area contributed by atoms with Gasteiger partial charge in [-0.2, -0.15) is 0 Å². The number of nitrogens with zero attached hydrogens (tertiary/aromatic N) is 1. The Morgan fingerprint density at radius 3 is 2.86 bits per heavy atom. The van der Waals surface area contributed by atoms with Crippen LogP contribution in [0.4, 0.5) is 0 Å². The number of amides is 1. The van der Waals surface area contributed by atoms with E-state index in [-0.39, 0.29) is 22.9 Å². The monoisotopic (exact) mass is 316 g/mol. The molecule has 0 aliphatic carbocycles. The van der Waals surface area contributed by atoms with Crippen molar-refractivity contribution < 1.29 is 19.1 Å². The van der Waals surface area contributed by atoms with Crippen LogP contribution >= 0.6 is 11.6 Å². The summed E-state index contributed by atoms with van der Waals surface area (Å²) in [6.45, 7) is 2.62. The summed E-state index contributed by atoms with van der Waals surface area (Å²) in [5, 5.41) is 12.9. The van der Waals surface area contributed by atoms with Crippen molar-refractivity contribution in [3.8, 4) is 0 Å². The quantitative estimate of drug-likeness (QED) is 0.823. The topological polar surface area (TPSA) is 74.9 Å². The smallest absolute Gasteiger partial charge is 0.287 e. The second-order valence-corrected chi connectivity index (χ2v) is 5.63. The van der Waals surface area contributed by atoms with Crippen molar-refractivity contribution in [2.75, 3.05) is 33.4 Å². The number of aliphatic hydroxyl groups is 1. The standard InChI is InChI=1S/C14H21ClN2O4/c1-20-9-11(18)8-17-6-4-10(5-7-17)16-14(19)12-2-3-13(15)21-12/h2-3,10-11,18H,4-9H2,1H3,(H,16,19). The summed E-state index contributed by atoms with van der Waals surface area (Å²) in [6.07, 6.45) is 1.23. The Hall–Kier alpha value is -1.08. The maximum absolute atomic E-state index is 11.9. The summed E-state index contributed by atoms with van der Waals surface area (Å²) in [7, 11) is 1.58. The van der Waals surface area contributed by atoms with Gasteiger partial charge in [0.2, 0.25) is 0 Å². The van der Waals surface area contributed by atoms with Gasteiger partial charge in [-0.15, -0.1) is 0 Å². The number of ether oxygens (including phenoxy) is 1. The first-order valence-corrected chi connectivity index (χ1v) is 7.42. The van der Waals surface area contributed by atoms with E-state index in [4.69, 9.17) is 20.8 Å². The van der Waals surface area contributed by atoms with E-state index in [1.807, 2.05) is 0 Å². The van der Waals surface area contributed by atoms with Crippen molar-refractivity contribution >= 4 is 17.5 Å². The fourth-order valence-corrected chi connectivity index (χ4v) is 2.64. The normalized spacial score (nSPS) is 18.6. The first kappa shape index (κ1) is 16.3. The van der Waals surface area contributed by atoms with Crippen LogP contribution in [0, 0.1) is 0 Å². The second kappa shape index (κ2) is 7.79. The zero-order valence-corrected chi connectivity index (χ0v) is 12.8. The van der Waals surface area contributed by atoms with Gasteiger partial charge >= 0.3 is 0 Å². The zero-order chi connectivity index (χ0) is 15.2. The molecule has 1 amide bonds. The Kier molecular flexibility index (Phi) is 6.05. The second-order valence-electron chi connectivity index (χ2n) is 5.26. The van der Waals surface area contributed by atoms with Gasteiger partial charge in [-0.3, -0.25) is 4.79 Å². The molecule has 1 aromatic heterocycles. The fraction of sp³-hybridized carbons (Fsp3) is 0.643. The molecule has 1 saturated heterocycles. The van der Waals surface area contributed by atoms with Gasteiger partial charge < -0.3 is 24.5 Å². The van der Waals surface area contributed by atoms with E-state index in [1.54, 1.807) is 19.2 Å². The average Bonchev–Trinajstić information content (AvgIpc) is 2.88. The van der Waals surface area contributed by atoms with Crippen LogP contribution in [0.5, 0.6) is 0 Å². The van der Waals surface area contributed by atoms with Gasteiger partial charge in [-0.05, 0) is 36.6 Å². The van der Waals surface area contributed by atoms with Gasteiger partial charge in [0.15, 0.2) is 11.0 Å². The number of likely N-dealkylation sites (tertiary alicyclic amines) is 1. The molecule has 1 aliphatic rings. The number of β-amino-alcohol motifs (C(OH)–C–C–N with tert-alkyl or cyclic N) is 1. The van der Waals surface area contributed by atoms with Gasteiger partial charge in [-0.25, -0.2) is 0 Å². The maximum atomic E-state index is 11.9. The predicted octanol–water partition coefficient (Wildman–Crippen LogP) is 1.13. The number of rotatable bonds is 6. The van der Waals surface area contributed by atoms with E-state index in [2.05, 4.69) is 10.2 Å². The summed E-state index contributed by atoms with van der Waals surface area (Å²) >= 11 is 5.65. The van der Waals surface area contributed by atoms with E-state index >= 15 is 0 Å². The molecule has 0 radical (unpaired) electrons. The third kappa shape index (κ3) is 5.00. The molecule has 21 heavy (non-hydrogen) atoms. The Morgan fingerprint density at radius 1 is 1.57 bits per heavy atom. The van der Waals surface area contributed by atoms with E-state index in [1.165, 1.54) is 0 Å². The van der Waals surface area contributed by atoms with Crippen LogP contribution in [0.2, 0.25) is 5.22 Å². The highest BCUT2D eigenvalue weighted by Gasteiger charge is 2.23. The first-order valence-electron chi connectivity index (χ1n) is 7.04. The van der Waals surface area contributed by atoms with Crippen LogP contribution in [-0.2, 0) is 4.74 Å². The first-order chi connectivity index (χ1) is 10.1. The summed E-state index contributed by atoms with van der Waals surface area (Å²) in [5.41, 5.74) is 0. The molecule has 6 nitrogen and oxygen atoms in total. The summed E-state index contributed by atoms with van der Waals surface area (Å²) < 4.78 is 10.00. The van der Waals surface area contributed by atoms with E-state index in [0.717, 1.165) is 25.9 Å². The third-order valence-electron chi connectivity index (χ3n) is 3.55. The van der Waals surface area contributed by atoms with Crippen molar-refractivity contribution in [3.63, 3.8) is 0 Å². The lowest BCUT2D eigenvalue weighted by Gasteiger charge is -2.33. The maximum Gasteiger partial charge on any atom is 0.287 e. The predicted molar refractivity (Wildman–Crippen MR) is 78.5 cm³/mol. The van der Waals surface area contributed by atoms with Crippen LogP contribution < -0.4 is 5.32 Å². The Bertz CT molecular complexity index is 458. The van der Waals surface area contributed by atoms with Crippen LogP contribution in [0.15, 0.2) is 16.5 Å². The number of methoxy groups -OCH3 is 1. The van der Waals surface area contributed by atoms with Crippen molar-refractivity contribution in [2.24, 2.45) is 0 Å². The molecule has 1 aliphatic heterocycles. The molecule has 1 aromatic rings. The van der Waals surface area contributed by atoms with Gasteiger partial charge in [0.1, 0.15) is 0 Å². The molecule has 2 heterocycles. The van der Waals surface area contributed by atoms with Crippen LogP contribution in [0.25, 0.3) is 0 Å². The zero-order valence-electron chi connectivity index (χ0n) is 12.0. The average molecular weight is 317 g/mol. The number of piperidine rings is 1. The number of hydrogen-bond donors (Lipinski definition) is 2. The Morgan fingerprint density at radius 2 is 2.29 bits per heavy atom. The minimum atomic E-state index is -0.466. The lowest BCUT2D eigenvalue weighted by Crippen LogP contribution is -2.46. The molecule has 1 atom stereocenters. The number of halogens is 1. The third-order valence-corrected chi connectivity index (χ3v) is 3.75. The van der Waals surface area contributed by atoms with Crippen LogP contribution in [0.3, 0.4) is 0 Å². The summed E-state index contributed by atoms with van der Waals surface area (Å²) in [5.74, 6) is -0.00212. The molecule has 2 rings (SSSR count). The van der Waals surface area contributed by atoms with Gasteiger partial charge in [0.25, 0.3) is 5.91 Å². The number of carbonyl (C=O) groups excluding carboxylic acids is 1. The van der Waals surface area contributed by atoms with E-state index in [0.29, 0.717) is 13.2 Å². The van der Waals surface area contributed by atoms with Crippen molar-refractivity contribution in [1.82, 2.24) is 10.2 Å². The fourth-order valence-electron chi connectivity index (χ4n) is 2.50. The molecule has 0 saturated carbocycles. The number of hydrogen-bond acceptors (Lipinski definition) is 5. The molecule has 7 heteroatoms. The number of furan rings is 1. The number of nitrogens with one attached hydrogen (secondary N) is 1. The number of carbonyl (C=O) groups is 1.